The van der Waals surface area contributed by atoms with E-state index in [1.807, 2.05) is 13.0 Å². The molecule has 1 aliphatic rings. The minimum Gasteiger partial charge on any atom is -0.351 e. The van der Waals surface area contributed by atoms with Crippen LogP contribution in [0.3, 0.4) is 0 Å². The van der Waals surface area contributed by atoms with Gasteiger partial charge in [0.25, 0.3) is 0 Å². The van der Waals surface area contributed by atoms with Gasteiger partial charge >= 0.3 is 6.03 Å². The highest BCUT2D eigenvalue weighted by Gasteiger charge is 2.28. The lowest BCUT2D eigenvalue weighted by Crippen LogP contribution is -2.21. The number of rotatable bonds is 2. The lowest BCUT2D eigenvalue weighted by Gasteiger charge is -2.10. The monoisotopic (exact) mass is 191 g/mol. The lowest BCUT2D eigenvalue weighted by atomic mass is 10.1. The minimum atomic E-state index is -0.525. The summed E-state index contributed by atoms with van der Waals surface area (Å²) in [6.45, 7) is 1.94. The van der Waals surface area contributed by atoms with Gasteiger partial charge in [0.05, 0.1) is 11.4 Å². The van der Waals surface area contributed by atoms with Crippen LogP contribution in [0.25, 0.3) is 0 Å². The summed E-state index contributed by atoms with van der Waals surface area (Å²) in [4.78, 5) is 15.1. The average Bonchev–Trinajstić information content (AvgIpc) is 2.90. The number of aromatic nitrogens is 1. The number of aryl methyl sites for hydroxylation is 1. The second kappa shape index (κ2) is 3.29. The fraction of sp³-hybridized carbons (Fsp3) is 0.400. The van der Waals surface area contributed by atoms with E-state index in [-0.39, 0.29) is 0 Å². The summed E-state index contributed by atoms with van der Waals surface area (Å²) < 4.78 is 0. The molecular formula is C10H13N3O. The summed E-state index contributed by atoms with van der Waals surface area (Å²) >= 11 is 0. The SMILES string of the molecule is Cc1ccnc(C2CC2)c1NC(N)=O. The number of carbonyl (C=O) groups excluding carboxylic acids is 1. The predicted molar refractivity (Wildman–Crippen MR) is 54.2 cm³/mol. The number of hydrogen-bond acceptors (Lipinski definition) is 2. The van der Waals surface area contributed by atoms with Crippen molar-refractivity contribution in [2.45, 2.75) is 25.7 Å². The van der Waals surface area contributed by atoms with Gasteiger partial charge in [-0.05, 0) is 31.4 Å². The summed E-state index contributed by atoms with van der Waals surface area (Å²) in [6, 6.07) is 1.35. The zero-order valence-corrected chi connectivity index (χ0v) is 8.08. The van der Waals surface area contributed by atoms with Crippen LogP contribution in [0, 0.1) is 6.92 Å². The van der Waals surface area contributed by atoms with Gasteiger partial charge in [-0.3, -0.25) is 4.98 Å². The largest absolute Gasteiger partial charge is 0.351 e. The molecule has 4 nitrogen and oxygen atoms in total. The van der Waals surface area contributed by atoms with E-state index in [2.05, 4.69) is 10.3 Å². The molecule has 1 aromatic rings. The molecule has 1 aliphatic carbocycles. The molecule has 0 saturated heterocycles. The third-order valence-corrected chi connectivity index (χ3v) is 2.40. The Morgan fingerprint density at radius 3 is 2.93 bits per heavy atom. The fourth-order valence-electron chi connectivity index (χ4n) is 1.53. The van der Waals surface area contributed by atoms with Crippen LogP contribution in [-0.2, 0) is 0 Å². The van der Waals surface area contributed by atoms with E-state index >= 15 is 0 Å². The Morgan fingerprint density at radius 2 is 2.36 bits per heavy atom. The van der Waals surface area contributed by atoms with Crippen molar-refractivity contribution in [2.75, 3.05) is 5.32 Å². The number of nitrogens with zero attached hydrogens (tertiary/aromatic N) is 1. The molecular weight excluding hydrogens is 178 g/mol. The normalized spacial score (nSPS) is 15.2. The Labute approximate surface area is 82.5 Å². The van der Waals surface area contributed by atoms with Gasteiger partial charge < -0.3 is 11.1 Å². The van der Waals surface area contributed by atoms with Crippen LogP contribution < -0.4 is 11.1 Å². The number of amides is 2. The first-order valence-corrected chi connectivity index (χ1v) is 4.70. The van der Waals surface area contributed by atoms with Gasteiger partial charge in [0.15, 0.2) is 0 Å². The summed E-state index contributed by atoms with van der Waals surface area (Å²) in [5, 5.41) is 2.64. The highest BCUT2D eigenvalue weighted by molar-refractivity contribution is 5.89. The van der Waals surface area contributed by atoms with E-state index in [0.29, 0.717) is 5.92 Å². The number of carbonyl (C=O) groups is 1. The molecule has 0 aromatic carbocycles. The van der Waals surface area contributed by atoms with Gasteiger partial charge in [-0.1, -0.05) is 0 Å². The van der Waals surface area contributed by atoms with Crippen molar-refractivity contribution in [1.82, 2.24) is 4.98 Å². The molecule has 2 amide bonds. The lowest BCUT2D eigenvalue weighted by molar-refractivity contribution is 0.259. The van der Waals surface area contributed by atoms with Gasteiger partial charge in [0.1, 0.15) is 0 Å². The fourth-order valence-corrected chi connectivity index (χ4v) is 1.53. The van der Waals surface area contributed by atoms with Crippen molar-refractivity contribution < 1.29 is 4.79 Å². The van der Waals surface area contributed by atoms with Gasteiger partial charge in [-0.25, -0.2) is 4.79 Å². The summed E-state index contributed by atoms with van der Waals surface area (Å²) in [7, 11) is 0. The first-order chi connectivity index (χ1) is 6.68. The molecule has 0 atom stereocenters. The standard InChI is InChI=1S/C10H13N3O/c1-6-4-5-12-9(7-2-3-7)8(6)13-10(11)14/h4-5,7H,2-3H2,1H3,(H3,11,13,14). The number of nitrogens with one attached hydrogen (secondary N) is 1. The molecule has 3 N–H and O–H groups in total. The van der Waals surface area contributed by atoms with Crippen molar-refractivity contribution in [3.05, 3.63) is 23.5 Å². The zero-order chi connectivity index (χ0) is 10.1. The molecule has 0 radical (unpaired) electrons. The van der Waals surface area contributed by atoms with Crippen LogP contribution in [0.5, 0.6) is 0 Å². The molecule has 1 heterocycles. The second-order valence-electron chi connectivity index (χ2n) is 3.65. The predicted octanol–water partition coefficient (Wildman–Crippen LogP) is 1.76. The molecule has 74 valence electrons. The number of anilines is 1. The summed E-state index contributed by atoms with van der Waals surface area (Å²) in [5.74, 6) is 0.511. The van der Waals surface area contributed by atoms with E-state index in [0.717, 1.165) is 29.8 Å². The van der Waals surface area contributed by atoms with E-state index in [9.17, 15) is 4.79 Å². The van der Waals surface area contributed by atoms with Crippen molar-refractivity contribution in [1.29, 1.82) is 0 Å². The van der Waals surface area contributed by atoms with Crippen LogP contribution in [0.4, 0.5) is 10.5 Å². The summed E-state index contributed by atoms with van der Waals surface area (Å²) in [5.41, 5.74) is 7.89. The Hall–Kier alpha value is -1.58. The zero-order valence-electron chi connectivity index (χ0n) is 8.08. The maximum absolute atomic E-state index is 10.8. The molecule has 2 rings (SSSR count). The number of primary amides is 1. The Bertz CT molecular complexity index is 372. The van der Waals surface area contributed by atoms with Gasteiger partial charge in [-0.2, -0.15) is 0 Å². The van der Waals surface area contributed by atoms with Gasteiger partial charge in [0.2, 0.25) is 0 Å². The van der Waals surface area contributed by atoms with Gasteiger partial charge in [0, 0.05) is 12.1 Å². The third kappa shape index (κ3) is 1.69. The highest BCUT2D eigenvalue weighted by Crippen LogP contribution is 2.42. The topological polar surface area (TPSA) is 68.0 Å². The average molecular weight is 191 g/mol. The maximum Gasteiger partial charge on any atom is 0.316 e. The smallest absolute Gasteiger partial charge is 0.316 e. The molecule has 0 aliphatic heterocycles. The van der Waals surface area contributed by atoms with Crippen molar-refractivity contribution in [3.63, 3.8) is 0 Å². The number of hydrogen-bond donors (Lipinski definition) is 2. The number of nitrogens with two attached hydrogens (primary N) is 1. The van der Waals surface area contributed by atoms with E-state index in [1.54, 1.807) is 6.20 Å². The van der Waals surface area contributed by atoms with Crippen LogP contribution in [0.1, 0.15) is 30.0 Å². The number of urea groups is 1. The maximum atomic E-state index is 10.8. The highest BCUT2D eigenvalue weighted by atomic mass is 16.2. The van der Waals surface area contributed by atoms with Crippen molar-refractivity contribution in [3.8, 4) is 0 Å². The van der Waals surface area contributed by atoms with Gasteiger partial charge in [-0.15, -0.1) is 0 Å². The van der Waals surface area contributed by atoms with E-state index < -0.39 is 6.03 Å². The minimum absolute atomic E-state index is 0.511. The number of pyridine rings is 1. The van der Waals surface area contributed by atoms with E-state index in [1.165, 1.54) is 0 Å². The van der Waals surface area contributed by atoms with Crippen molar-refractivity contribution in [2.24, 2.45) is 5.73 Å². The molecule has 1 fully saturated rings. The second-order valence-corrected chi connectivity index (χ2v) is 3.65. The Kier molecular flexibility index (Phi) is 2.11. The molecule has 4 heteroatoms. The summed E-state index contributed by atoms with van der Waals surface area (Å²) in [6.07, 6.45) is 4.09. The quantitative estimate of drug-likeness (QED) is 0.747. The molecule has 14 heavy (non-hydrogen) atoms. The molecule has 1 saturated carbocycles. The van der Waals surface area contributed by atoms with Crippen LogP contribution >= 0.6 is 0 Å². The molecule has 0 unspecified atom stereocenters. The Balaban J connectivity index is 2.37. The first kappa shape index (κ1) is 8.99. The van der Waals surface area contributed by atoms with Crippen LogP contribution in [0.15, 0.2) is 12.3 Å². The van der Waals surface area contributed by atoms with E-state index in [4.69, 9.17) is 5.73 Å². The van der Waals surface area contributed by atoms with Crippen LogP contribution in [-0.4, -0.2) is 11.0 Å². The van der Waals surface area contributed by atoms with Crippen LogP contribution in [0.2, 0.25) is 0 Å². The molecule has 0 bridgehead atoms. The van der Waals surface area contributed by atoms with Crippen molar-refractivity contribution >= 4 is 11.7 Å². The molecule has 0 spiro atoms. The third-order valence-electron chi connectivity index (χ3n) is 2.40. The Morgan fingerprint density at radius 1 is 1.64 bits per heavy atom. The first-order valence-electron chi connectivity index (χ1n) is 4.70. The molecule has 1 aromatic heterocycles.